The largest absolute Gasteiger partial charge is 0.309 e. The zero-order valence-electron chi connectivity index (χ0n) is 70.4. The first-order valence-electron chi connectivity index (χ1n) is 44.1. The lowest BCUT2D eigenvalue weighted by atomic mass is 9.97. The summed E-state index contributed by atoms with van der Waals surface area (Å²) in [6.07, 6.45) is 0. The third-order valence-corrected chi connectivity index (χ3v) is 25.8. The molecule has 129 heavy (non-hydrogen) atoms. The van der Waals surface area contributed by atoms with Gasteiger partial charge >= 0.3 is 0 Å². The minimum absolute atomic E-state index is 0.473. The molecule has 24 aromatic rings. The Morgan fingerprint density at radius 3 is 0.481 bits per heavy atom. The number of benzene rings is 20. The Hall–Kier alpha value is -17.2. The molecule has 6 nitrogen and oxygen atoms in total. The van der Waals surface area contributed by atoms with Gasteiger partial charge in [-0.3, -0.25) is 4.57 Å². The molecular formula is C123H80N6. The Morgan fingerprint density at radius 1 is 0.124 bits per heavy atom. The van der Waals surface area contributed by atoms with E-state index in [0.717, 1.165) is 166 Å². The maximum atomic E-state index is 5.94. The van der Waals surface area contributed by atoms with Crippen molar-refractivity contribution in [1.29, 1.82) is 0 Å². The summed E-state index contributed by atoms with van der Waals surface area (Å²) in [4.78, 5) is 17.8. The van der Waals surface area contributed by atoms with E-state index in [2.05, 4.69) is 499 Å². The van der Waals surface area contributed by atoms with Crippen LogP contribution in [0.1, 0.15) is 0 Å². The summed E-state index contributed by atoms with van der Waals surface area (Å²) in [5.74, 6) is 1.49. The van der Waals surface area contributed by atoms with Gasteiger partial charge < -0.3 is 9.13 Å². The maximum absolute atomic E-state index is 5.94. The first-order chi connectivity index (χ1) is 63.9. The fraction of sp³-hybridized carbons (Fsp3) is 0. The fourth-order valence-corrected chi connectivity index (χ4v) is 19.2. The zero-order chi connectivity index (χ0) is 85.2. The maximum Gasteiger partial charge on any atom is 0.238 e. The third-order valence-electron chi connectivity index (χ3n) is 25.8. The minimum atomic E-state index is 0.473. The second-order valence-corrected chi connectivity index (χ2v) is 33.4. The molecule has 0 spiro atoms. The Balaban J connectivity index is 0.723. The molecule has 0 aliphatic carbocycles. The summed E-state index contributed by atoms with van der Waals surface area (Å²) in [5, 5.41) is 6.60. The van der Waals surface area contributed by atoms with Crippen LogP contribution in [0.25, 0.3) is 239 Å². The normalized spacial score (nSPS) is 11.6. The number of nitrogens with zero attached hydrogens (tertiary/aromatic N) is 6. The van der Waals surface area contributed by atoms with Gasteiger partial charge in [-0.25, -0.2) is 4.98 Å². The van der Waals surface area contributed by atoms with Crippen molar-refractivity contribution in [3.8, 4) is 174 Å². The van der Waals surface area contributed by atoms with Crippen molar-refractivity contribution < 1.29 is 0 Å². The Bertz CT molecular complexity index is 7590. The molecule has 0 radical (unpaired) electrons. The molecule has 0 N–H and O–H groups in total. The van der Waals surface area contributed by atoms with Gasteiger partial charge in [0.25, 0.3) is 0 Å². The smallest absolute Gasteiger partial charge is 0.238 e. The van der Waals surface area contributed by atoms with Crippen LogP contribution in [0.15, 0.2) is 485 Å². The van der Waals surface area contributed by atoms with E-state index in [1.54, 1.807) is 0 Å². The second kappa shape index (κ2) is 32.2. The SMILES string of the molecule is c1ccc(-c2ccc(-c3ccc4c(c3)c3cc(-c5ccc(-c6ccccc6)cc5)ccc3n4-c3nc(-c4ccccc4-n4c5ccc(-c6ccc(-c7ccccc7)cc6)cc5c5cc(-c6ccc(-c7ccccc7)cc6)ccc54)nc(-c4ccccc4-n4c5ccc(-c6ccc(-c7ccccc7)cc6)cc5c5cc(-c6ccc(-c7ccccc7)cc6)ccc54)n3)cc2)cc1. The van der Waals surface area contributed by atoms with Crippen LogP contribution in [0.5, 0.6) is 0 Å². The number of hydrogen-bond donors (Lipinski definition) is 0. The van der Waals surface area contributed by atoms with Crippen molar-refractivity contribution >= 4 is 65.4 Å². The van der Waals surface area contributed by atoms with E-state index >= 15 is 0 Å². The molecular weight excluding hydrogens is 1560 g/mol. The quantitative estimate of drug-likeness (QED) is 0.0913. The molecule has 0 saturated heterocycles. The number of hydrogen-bond acceptors (Lipinski definition) is 3. The molecule has 0 saturated carbocycles. The highest BCUT2D eigenvalue weighted by Gasteiger charge is 2.27. The van der Waals surface area contributed by atoms with Crippen LogP contribution in [-0.4, -0.2) is 28.7 Å². The molecule has 20 aromatic carbocycles. The molecule has 0 aliphatic rings. The van der Waals surface area contributed by atoms with E-state index in [4.69, 9.17) is 15.0 Å². The summed E-state index contributed by atoms with van der Waals surface area (Å²) in [6, 6.07) is 176. The Morgan fingerprint density at radius 2 is 0.279 bits per heavy atom. The lowest BCUT2D eigenvalue weighted by Crippen LogP contribution is -2.09. The molecule has 0 aliphatic heterocycles. The van der Waals surface area contributed by atoms with Crippen LogP contribution in [0.3, 0.4) is 0 Å². The Labute approximate surface area is 747 Å². The predicted molar refractivity (Wildman–Crippen MR) is 539 cm³/mol. The topological polar surface area (TPSA) is 53.5 Å². The van der Waals surface area contributed by atoms with Gasteiger partial charge in [-0.2, -0.15) is 9.97 Å². The summed E-state index contributed by atoms with van der Waals surface area (Å²) < 4.78 is 7.14. The first kappa shape index (κ1) is 75.5. The fourth-order valence-electron chi connectivity index (χ4n) is 19.2. The number of aromatic nitrogens is 6. The van der Waals surface area contributed by atoms with E-state index in [-0.39, 0.29) is 0 Å². The van der Waals surface area contributed by atoms with Crippen molar-refractivity contribution in [3.63, 3.8) is 0 Å². The van der Waals surface area contributed by atoms with Gasteiger partial charge in [0.2, 0.25) is 5.95 Å². The highest BCUT2D eigenvalue weighted by molar-refractivity contribution is 6.15. The second-order valence-electron chi connectivity index (χ2n) is 33.4. The van der Waals surface area contributed by atoms with E-state index in [9.17, 15) is 0 Å². The Kier molecular flexibility index (Phi) is 18.8. The van der Waals surface area contributed by atoms with Crippen LogP contribution >= 0.6 is 0 Å². The van der Waals surface area contributed by atoms with Crippen LogP contribution < -0.4 is 0 Å². The molecule has 6 heteroatoms. The van der Waals surface area contributed by atoms with E-state index in [1.165, 1.54) is 55.6 Å². The predicted octanol–water partition coefficient (Wildman–Crippen LogP) is 32.5. The average molecular weight is 1640 g/mol. The first-order valence-corrected chi connectivity index (χ1v) is 44.1. The van der Waals surface area contributed by atoms with E-state index in [1.807, 2.05) is 0 Å². The molecule has 4 aromatic heterocycles. The number of fused-ring (bicyclic) bond motifs is 9. The van der Waals surface area contributed by atoms with E-state index in [0.29, 0.717) is 17.6 Å². The van der Waals surface area contributed by atoms with Gasteiger partial charge in [-0.05, 0) is 231 Å². The van der Waals surface area contributed by atoms with Gasteiger partial charge in [0.15, 0.2) is 11.6 Å². The third kappa shape index (κ3) is 13.9. The van der Waals surface area contributed by atoms with Gasteiger partial charge in [0.1, 0.15) is 0 Å². The molecule has 0 atom stereocenters. The lowest BCUT2D eigenvalue weighted by Gasteiger charge is -2.17. The lowest BCUT2D eigenvalue weighted by molar-refractivity contribution is 0.950. The molecule has 602 valence electrons. The van der Waals surface area contributed by atoms with Crippen molar-refractivity contribution in [2.24, 2.45) is 0 Å². The summed E-state index contributed by atoms with van der Waals surface area (Å²) in [5.41, 5.74) is 37.1. The number of rotatable bonds is 17. The van der Waals surface area contributed by atoms with Crippen molar-refractivity contribution in [3.05, 3.63) is 485 Å². The van der Waals surface area contributed by atoms with Crippen LogP contribution in [0, 0.1) is 0 Å². The molecule has 4 heterocycles. The summed E-state index contributed by atoms with van der Waals surface area (Å²) in [7, 11) is 0. The molecule has 0 amide bonds. The van der Waals surface area contributed by atoms with Gasteiger partial charge in [-0.15, -0.1) is 0 Å². The molecule has 24 rings (SSSR count). The van der Waals surface area contributed by atoms with Crippen LogP contribution in [-0.2, 0) is 0 Å². The molecule has 0 unspecified atom stereocenters. The van der Waals surface area contributed by atoms with Gasteiger partial charge in [0.05, 0.1) is 44.5 Å². The number of para-hydroxylation sites is 2. The minimum Gasteiger partial charge on any atom is -0.309 e. The van der Waals surface area contributed by atoms with Crippen LogP contribution in [0.4, 0.5) is 0 Å². The zero-order valence-corrected chi connectivity index (χ0v) is 70.4. The highest BCUT2D eigenvalue weighted by Crippen LogP contribution is 2.46. The summed E-state index contributed by atoms with van der Waals surface area (Å²) >= 11 is 0. The monoisotopic (exact) mass is 1640 g/mol. The molecule has 0 bridgehead atoms. The highest BCUT2D eigenvalue weighted by atomic mass is 15.2. The van der Waals surface area contributed by atoms with Crippen molar-refractivity contribution in [1.82, 2.24) is 28.7 Å². The van der Waals surface area contributed by atoms with Crippen molar-refractivity contribution in [2.75, 3.05) is 0 Å². The van der Waals surface area contributed by atoms with Gasteiger partial charge in [0, 0.05) is 43.4 Å². The average Bonchev–Trinajstić information content (AvgIpc) is 1.59. The van der Waals surface area contributed by atoms with Crippen LogP contribution in [0.2, 0.25) is 0 Å². The van der Waals surface area contributed by atoms with Crippen molar-refractivity contribution in [2.45, 2.75) is 0 Å². The standard InChI is InChI=1S/C123H80N6/c1-7-23-81(24-8-1)87-39-51-93(52-40-87)99-63-69-115-107(75-99)108-76-100(94-53-41-88(42-54-94)82-25-9-2-10-26-82)64-70-116(108)127(115)113-37-21-19-35-105(113)121-124-122(126-123(125-121)129-119-73-67-103(97-59-47-91(48-60-97)85-31-15-5-16-32-85)79-111(119)112-80-104(68-74-120(112)129)98-61-49-92(50-62-98)86-33-17-6-18-34-86)106-36-20-22-38-114(106)128-117-71-65-101(95-55-43-89(44-56-95)83-27-11-3-12-28-83)77-109(117)110-78-102(66-72-118(110)128)96-57-45-90(46-58-96)84-29-13-4-14-30-84/h1-80H. The molecule has 0 fully saturated rings. The van der Waals surface area contributed by atoms with E-state index < -0.39 is 0 Å². The van der Waals surface area contributed by atoms with Gasteiger partial charge in [-0.1, -0.05) is 388 Å². The summed E-state index contributed by atoms with van der Waals surface area (Å²) in [6.45, 7) is 0.